The predicted octanol–water partition coefficient (Wildman–Crippen LogP) is 2.03. The summed E-state index contributed by atoms with van der Waals surface area (Å²) < 4.78 is 0. The first-order chi connectivity index (χ1) is 9.98. The van der Waals surface area contributed by atoms with E-state index in [4.69, 9.17) is 0 Å². The Morgan fingerprint density at radius 2 is 1.90 bits per heavy atom. The van der Waals surface area contributed by atoms with Crippen molar-refractivity contribution >= 4 is 11.6 Å². The highest BCUT2D eigenvalue weighted by molar-refractivity contribution is 6.00. The van der Waals surface area contributed by atoms with Gasteiger partial charge in [0.2, 0.25) is 5.91 Å². The van der Waals surface area contributed by atoms with Gasteiger partial charge in [-0.05, 0) is 39.3 Å². The topological polar surface area (TPSA) is 35.6 Å². The van der Waals surface area contributed by atoms with Crippen LogP contribution in [0.25, 0.3) is 0 Å². The van der Waals surface area contributed by atoms with Crippen molar-refractivity contribution in [1.82, 2.24) is 10.2 Å². The Labute approximate surface area is 128 Å². The summed E-state index contributed by atoms with van der Waals surface area (Å²) in [6, 6.07) is 8.10. The summed E-state index contributed by atoms with van der Waals surface area (Å²) in [6.45, 7) is 12.6. The second-order valence-electron chi connectivity index (χ2n) is 6.13. The summed E-state index contributed by atoms with van der Waals surface area (Å²) in [5, 5.41) is 3.34. The molecule has 1 saturated heterocycles. The predicted molar refractivity (Wildman–Crippen MR) is 87.7 cm³/mol. The second kappa shape index (κ2) is 6.58. The first-order valence-corrected chi connectivity index (χ1v) is 7.82. The van der Waals surface area contributed by atoms with Crippen LogP contribution in [0.2, 0.25) is 0 Å². The van der Waals surface area contributed by atoms with Gasteiger partial charge in [-0.1, -0.05) is 18.2 Å². The molecule has 0 bridgehead atoms. The van der Waals surface area contributed by atoms with Gasteiger partial charge in [-0.3, -0.25) is 9.69 Å². The Bertz CT molecular complexity index is 493. The van der Waals surface area contributed by atoms with Crippen LogP contribution in [0.4, 0.5) is 5.69 Å². The van der Waals surface area contributed by atoms with Gasteiger partial charge in [0.15, 0.2) is 0 Å². The number of rotatable bonds is 4. The Morgan fingerprint density at radius 3 is 2.48 bits per heavy atom. The Morgan fingerprint density at radius 1 is 1.29 bits per heavy atom. The number of hydrogen-bond acceptors (Lipinski definition) is 3. The molecule has 0 aliphatic carbocycles. The third kappa shape index (κ3) is 3.27. The number of carbonyl (C=O) groups is 1. The molecule has 1 aliphatic rings. The van der Waals surface area contributed by atoms with Gasteiger partial charge < -0.3 is 10.2 Å². The summed E-state index contributed by atoms with van der Waals surface area (Å²) >= 11 is 0. The molecule has 21 heavy (non-hydrogen) atoms. The first kappa shape index (κ1) is 16.0. The molecule has 1 N–H and O–H groups in total. The highest BCUT2D eigenvalue weighted by atomic mass is 16.2. The number of hydrogen-bond donors (Lipinski definition) is 1. The van der Waals surface area contributed by atoms with E-state index in [0.717, 1.165) is 37.4 Å². The lowest BCUT2D eigenvalue weighted by Crippen LogP contribution is -2.60. The maximum absolute atomic E-state index is 13.1. The summed E-state index contributed by atoms with van der Waals surface area (Å²) in [7, 11) is 0. The minimum absolute atomic E-state index is 0.182. The quantitative estimate of drug-likeness (QED) is 0.921. The number of piperazine rings is 1. The fourth-order valence-electron chi connectivity index (χ4n) is 2.98. The van der Waals surface area contributed by atoms with Gasteiger partial charge in [0.1, 0.15) is 0 Å². The van der Waals surface area contributed by atoms with E-state index in [-0.39, 0.29) is 5.91 Å². The Kier molecular flexibility index (Phi) is 5.01. The van der Waals surface area contributed by atoms with E-state index < -0.39 is 5.54 Å². The Hall–Kier alpha value is -1.39. The van der Waals surface area contributed by atoms with Crippen molar-refractivity contribution < 1.29 is 4.79 Å². The molecule has 0 radical (unpaired) electrons. The molecule has 2 rings (SSSR count). The van der Waals surface area contributed by atoms with Crippen LogP contribution in [-0.4, -0.2) is 49.1 Å². The average molecular weight is 289 g/mol. The molecule has 116 valence electrons. The van der Waals surface area contributed by atoms with Gasteiger partial charge in [-0.15, -0.1) is 0 Å². The van der Waals surface area contributed by atoms with Crippen LogP contribution < -0.4 is 10.2 Å². The van der Waals surface area contributed by atoms with Crippen molar-refractivity contribution in [2.45, 2.75) is 33.2 Å². The standard InChI is InChI=1S/C17H27N3O/c1-5-20(15-9-7-6-8-14(15)2)16(21)17(3,4)19-12-10-18-11-13-19/h6-9,18H,5,10-13H2,1-4H3. The molecule has 1 aromatic carbocycles. The third-order valence-corrected chi connectivity index (χ3v) is 4.40. The molecule has 4 nitrogen and oxygen atoms in total. The molecule has 0 spiro atoms. The molecule has 1 heterocycles. The lowest BCUT2D eigenvalue weighted by atomic mass is 9.98. The largest absolute Gasteiger partial charge is 0.314 e. The number of para-hydroxylation sites is 1. The summed E-state index contributed by atoms with van der Waals surface area (Å²) in [6.07, 6.45) is 0. The monoisotopic (exact) mass is 289 g/mol. The van der Waals surface area contributed by atoms with Crippen LogP contribution in [0.1, 0.15) is 26.3 Å². The van der Waals surface area contributed by atoms with Gasteiger partial charge >= 0.3 is 0 Å². The van der Waals surface area contributed by atoms with Crippen molar-refractivity contribution in [3.05, 3.63) is 29.8 Å². The average Bonchev–Trinajstić information content (AvgIpc) is 2.50. The van der Waals surface area contributed by atoms with E-state index in [2.05, 4.69) is 23.2 Å². The van der Waals surface area contributed by atoms with Crippen LogP contribution in [0.5, 0.6) is 0 Å². The zero-order valence-corrected chi connectivity index (χ0v) is 13.6. The van der Waals surface area contributed by atoms with Gasteiger partial charge in [-0.2, -0.15) is 0 Å². The molecule has 1 amide bonds. The molecule has 0 atom stereocenters. The zero-order chi connectivity index (χ0) is 15.5. The zero-order valence-electron chi connectivity index (χ0n) is 13.6. The normalized spacial score (nSPS) is 16.8. The molecular weight excluding hydrogens is 262 g/mol. The third-order valence-electron chi connectivity index (χ3n) is 4.40. The van der Waals surface area contributed by atoms with Gasteiger partial charge in [0.25, 0.3) is 0 Å². The maximum Gasteiger partial charge on any atom is 0.246 e. The van der Waals surface area contributed by atoms with Gasteiger partial charge in [-0.25, -0.2) is 0 Å². The molecule has 1 fully saturated rings. The highest BCUT2D eigenvalue weighted by Crippen LogP contribution is 2.25. The van der Waals surface area contributed by atoms with Gasteiger partial charge in [0, 0.05) is 38.4 Å². The van der Waals surface area contributed by atoms with Crippen LogP contribution in [0, 0.1) is 6.92 Å². The van der Waals surface area contributed by atoms with Gasteiger partial charge in [0.05, 0.1) is 5.54 Å². The lowest BCUT2D eigenvalue weighted by Gasteiger charge is -2.42. The fourth-order valence-corrected chi connectivity index (χ4v) is 2.98. The smallest absolute Gasteiger partial charge is 0.246 e. The summed E-state index contributed by atoms with van der Waals surface area (Å²) in [4.78, 5) is 17.3. The molecule has 1 aromatic rings. The molecule has 1 aliphatic heterocycles. The molecular formula is C17H27N3O. The summed E-state index contributed by atoms with van der Waals surface area (Å²) in [5.41, 5.74) is 1.69. The van der Waals surface area contributed by atoms with Crippen LogP contribution in [-0.2, 0) is 4.79 Å². The fraction of sp³-hybridized carbons (Fsp3) is 0.588. The molecule has 0 unspecified atom stereocenters. The van der Waals surface area contributed by atoms with Crippen LogP contribution in [0.3, 0.4) is 0 Å². The van der Waals surface area contributed by atoms with Crippen molar-refractivity contribution in [3.63, 3.8) is 0 Å². The Balaban J connectivity index is 2.25. The number of nitrogens with one attached hydrogen (secondary N) is 1. The van der Waals surface area contributed by atoms with E-state index in [9.17, 15) is 4.79 Å². The first-order valence-electron chi connectivity index (χ1n) is 7.82. The van der Waals surface area contributed by atoms with E-state index >= 15 is 0 Å². The minimum atomic E-state index is -0.472. The van der Waals surface area contributed by atoms with Crippen molar-refractivity contribution in [3.8, 4) is 0 Å². The second-order valence-corrected chi connectivity index (χ2v) is 6.13. The summed E-state index contributed by atoms with van der Waals surface area (Å²) in [5.74, 6) is 0.182. The van der Waals surface area contributed by atoms with Crippen molar-refractivity contribution in [2.75, 3.05) is 37.6 Å². The number of likely N-dealkylation sites (N-methyl/N-ethyl adjacent to an activating group) is 1. The number of aryl methyl sites for hydroxylation is 1. The number of nitrogens with zero attached hydrogens (tertiary/aromatic N) is 2. The van der Waals surface area contributed by atoms with Crippen molar-refractivity contribution in [2.24, 2.45) is 0 Å². The maximum atomic E-state index is 13.1. The molecule has 0 saturated carbocycles. The molecule has 0 aromatic heterocycles. The van der Waals surface area contributed by atoms with Crippen LogP contribution in [0.15, 0.2) is 24.3 Å². The highest BCUT2D eigenvalue weighted by Gasteiger charge is 2.38. The van der Waals surface area contributed by atoms with E-state index in [0.29, 0.717) is 6.54 Å². The molecule has 4 heteroatoms. The minimum Gasteiger partial charge on any atom is -0.314 e. The van der Waals surface area contributed by atoms with E-state index in [1.54, 1.807) is 0 Å². The number of anilines is 1. The van der Waals surface area contributed by atoms with Crippen LogP contribution >= 0.6 is 0 Å². The SMILES string of the molecule is CCN(C(=O)C(C)(C)N1CCNCC1)c1ccccc1C. The number of amides is 1. The number of benzene rings is 1. The van der Waals surface area contributed by atoms with E-state index in [1.807, 2.05) is 43.9 Å². The lowest BCUT2D eigenvalue weighted by molar-refractivity contribution is -0.129. The number of carbonyl (C=O) groups excluding carboxylic acids is 1. The van der Waals surface area contributed by atoms with E-state index in [1.165, 1.54) is 0 Å². The van der Waals surface area contributed by atoms with Crippen molar-refractivity contribution in [1.29, 1.82) is 0 Å².